The zero-order valence-electron chi connectivity index (χ0n) is 15.7. The van der Waals surface area contributed by atoms with E-state index in [4.69, 9.17) is 22.4 Å². The van der Waals surface area contributed by atoms with Crippen molar-refractivity contribution in [3.63, 3.8) is 0 Å². The summed E-state index contributed by atoms with van der Waals surface area (Å²) in [7, 11) is 2.34. The Labute approximate surface area is 138 Å². The van der Waals surface area contributed by atoms with Crippen LogP contribution in [0.5, 0.6) is 0 Å². The minimum Gasteiger partial charge on any atom is -0.398 e. The fourth-order valence-electron chi connectivity index (χ4n) is 4.18. The van der Waals surface area contributed by atoms with E-state index in [1.54, 1.807) is 28.4 Å². The van der Waals surface area contributed by atoms with Crippen LogP contribution in [-0.2, 0) is 22.4 Å². The second kappa shape index (κ2) is 7.42. The molecule has 1 rings (SSSR count). The Bertz CT molecular complexity index is 332. The van der Waals surface area contributed by atoms with E-state index >= 15 is 0 Å². The maximum atomic E-state index is 6.26. The van der Waals surface area contributed by atoms with Crippen LogP contribution in [0.4, 0.5) is 0 Å². The topological polar surface area (TPSA) is 49.5 Å². The van der Waals surface area contributed by atoms with Crippen molar-refractivity contribution in [1.82, 2.24) is 0 Å². The minimum absolute atomic E-state index is 0.177. The summed E-state index contributed by atoms with van der Waals surface area (Å²) in [6.45, 7) is 10.8. The van der Waals surface area contributed by atoms with Gasteiger partial charge in [-0.25, -0.2) is 0 Å². The van der Waals surface area contributed by atoms with Crippen molar-refractivity contribution < 1.29 is 22.4 Å². The summed E-state index contributed by atoms with van der Waals surface area (Å²) in [5.41, 5.74) is 0.225. The third-order valence-corrected chi connectivity index (χ3v) is 13.2. The quantitative estimate of drug-likeness (QED) is 0.446. The summed E-state index contributed by atoms with van der Waals surface area (Å²) >= 11 is 0. The largest absolute Gasteiger partial charge is 0.398 e. The number of epoxide rings is 1. The molecule has 7 heteroatoms. The Morgan fingerprint density at radius 2 is 1.14 bits per heavy atom. The Morgan fingerprint density at radius 1 is 0.864 bits per heavy atom. The van der Waals surface area contributed by atoms with Gasteiger partial charge in [-0.3, -0.25) is 0 Å². The van der Waals surface area contributed by atoms with Gasteiger partial charge in [-0.1, -0.05) is 13.8 Å². The number of rotatable bonds is 10. The molecule has 1 fully saturated rings. The molecule has 0 aromatic rings. The maximum absolute atomic E-state index is 6.26. The third-order valence-electron chi connectivity index (χ3n) is 5.75. The van der Waals surface area contributed by atoms with E-state index < -0.39 is 17.1 Å². The highest BCUT2D eigenvalue weighted by Gasteiger charge is 2.72. The van der Waals surface area contributed by atoms with Crippen LogP contribution in [0.3, 0.4) is 0 Å². The van der Waals surface area contributed by atoms with E-state index in [9.17, 15) is 0 Å². The smallest absolute Gasteiger partial charge is 0.340 e. The standard InChI is InChI=1S/C15H34O5Si2/c1-10-13(21(8,16-4)17-5)15(12(3)20-15)14(11-2)22(9,18-6)19-7/h12-14H,10-11H2,1-9H3. The van der Waals surface area contributed by atoms with Gasteiger partial charge in [0.15, 0.2) is 0 Å². The molecule has 3 unspecified atom stereocenters. The van der Waals surface area contributed by atoms with Crippen LogP contribution in [0.15, 0.2) is 0 Å². The zero-order valence-corrected chi connectivity index (χ0v) is 17.7. The lowest BCUT2D eigenvalue weighted by Gasteiger charge is -2.43. The van der Waals surface area contributed by atoms with Gasteiger partial charge in [0, 0.05) is 39.5 Å². The fourth-order valence-corrected chi connectivity index (χ4v) is 9.95. The molecule has 0 saturated carbocycles. The van der Waals surface area contributed by atoms with Crippen molar-refractivity contribution in [3.05, 3.63) is 0 Å². The Hall–Kier alpha value is 0.234. The predicted octanol–water partition coefficient (Wildman–Crippen LogP) is 3.43. The fraction of sp³-hybridized carbons (Fsp3) is 1.00. The van der Waals surface area contributed by atoms with Crippen molar-refractivity contribution in [2.75, 3.05) is 28.4 Å². The number of hydrogen-bond donors (Lipinski definition) is 0. The predicted molar refractivity (Wildman–Crippen MR) is 92.6 cm³/mol. The highest BCUT2D eigenvalue weighted by Crippen LogP contribution is 2.62. The van der Waals surface area contributed by atoms with Gasteiger partial charge in [0.25, 0.3) is 0 Å². The Morgan fingerprint density at radius 3 is 1.27 bits per heavy atom. The lowest BCUT2D eigenvalue weighted by Crippen LogP contribution is -2.56. The summed E-state index contributed by atoms with van der Waals surface area (Å²) in [5.74, 6) is 0. The van der Waals surface area contributed by atoms with Crippen LogP contribution in [0, 0.1) is 0 Å². The average Bonchev–Trinajstić information content (AvgIpc) is 3.18. The van der Waals surface area contributed by atoms with Crippen LogP contribution >= 0.6 is 0 Å². The first-order chi connectivity index (χ1) is 10.3. The molecule has 1 aliphatic heterocycles. The van der Waals surface area contributed by atoms with Gasteiger partial charge in [-0.05, 0) is 32.9 Å². The highest BCUT2D eigenvalue weighted by molar-refractivity contribution is 6.70. The molecular formula is C15H34O5Si2. The zero-order chi connectivity index (χ0) is 17.2. The molecule has 5 nitrogen and oxygen atoms in total. The van der Waals surface area contributed by atoms with Crippen LogP contribution in [0.1, 0.15) is 33.6 Å². The monoisotopic (exact) mass is 350 g/mol. The summed E-state index contributed by atoms with van der Waals surface area (Å²) in [5, 5.41) is 0. The molecule has 1 heterocycles. The first-order valence-corrected chi connectivity index (χ1v) is 12.9. The molecule has 0 N–H and O–H groups in total. The first-order valence-electron chi connectivity index (χ1n) is 8.14. The van der Waals surface area contributed by atoms with Gasteiger partial charge in [0.1, 0.15) is 5.60 Å². The van der Waals surface area contributed by atoms with E-state index in [0.29, 0.717) is 0 Å². The van der Waals surface area contributed by atoms with Crippen molar-refractivity contribution in [2.45, 2.75) is 69.5 Å². The van der Waals surface area contributed by atoms with E-state index in [1.165, 1.54) is 0 Å². The van der Waals surface area contributed by atoms with E-state index in [-0.39, 0.29) is 22.8 Å². The van der Waals surface area contributed by atoms with Crippen LogP contribution < -0.4 is 0 Å². The molecule has 0 radical (unpaired) electrons. The normalized spacial score (nSPS) is 28.5. The van der Waals surface area contributed by atoms with Crippen LogP contribution in [-0.4, -0.2) is 57.3 Å². The van der Waals surface area contributed by atoms with E-state index in [1.807, 2.05) is 0 Å². The molecule has 3 atom stereocenters. The molecular weight excluding hydrogens is 316 g/mol. The van der Waals surface area contributed by atoms with Gasteiger partial charge < -0.3 is 22.4 Å². The summed E-state index contributed by atoms with van der Waals surface area (Å²) in [6.07, 6.45) is 2.10. The highest BCUT2D eigenvalue weighted by atomic mass is 28.4. The molecule has 0 amide bonds. The van der Waals surface area contributed by atoms with Gasteiger partial charge in [0.05, 0.1) is 6.10 Å². The van der Waals surface area contributed by atoms with Crippen molar-refractivity contribution >= 4 is 17.1 Å². The second-order valence-electron chi connectivity index (χ2n) is 6.38. The first kappa shape index (κ1) is 20.3. The summed E-state index contributed by atoms with van der Waals surface area (Å²) in [6, 6.07) is 0. The Balaban J connectivity index is 3.30. The van der Waals surface area contributed by atoms with E-state index in [2.05, 4.69) is 33.9 Å². The lowest BCUT2D eigenvalue weighted by molar-refractivity contribution is 0.161. The average molecular weight is 351 g/mol. The molecule has 0 bridgehead atoms. The third kappa shape index (κ3) is 3.09. The number of hydrogen-bond acceptors (Lipinski definition) is 5. The van der Waals surface area contributed by atoms with Crippen molar-refractivity contribution in [2.24, 2.45) is 0 Å². The summed E-state index contributed by atoms with van der Waals surface area (Å²) < 4.78 is 29.7. The Kier molecular flexibility index (Phi) is 6.84. The molecule has 1 aliphatic rings. The lowest BCUT2D eigenvalue weighted by atomic mass is 9.93. The number of ether oxygens (including phenoxy) is 1. The van der Waals surface area contributed by atoms with Crippen molar-refractivity contribution in [3.8, 4) is 0 Å². The molecule has 0 aromatic carbocycles. The van der Waals surface area contributed by atoms with E-state index in [0.717, 1.165) is 12.8 Å². The molecule has 132 valence electrons. The van der Waals surface area contributed by atoms with Crippen molar-refractivity contribution in [1.29, 1.82) is 0 Å². The SMILES string of the molecule is CCC(C1(C(CC)[Si](C)(OC)OC)OC1C)[Si](C)(OC)OC. The van der Waals surface area contributed by atoms with Gasteiger partial charge in [0.2, 0.25) is 0 Å². The van der Waals surface area contributed by atoms with Crippen LogP contribution in [0.2, 0.25) is 24.2 Å². The summed E-state index contributed by atoms with van der Waals surface area (Å²) in [4.78, 5) is 0. The molecule has 0 aliphatic carbocycles. The van der Waals surface area contributed by atoms with Gasteiger partial charge in [-0.15, -0.1) is 0 Å². The van der Waals surface area contributed by atoms with Gasteiger partial charge in [-0.2, -0.15) is 0 Å². The molecule has 0 aromatic heterocycles. The molecule has 22 heavy (non-hydrogen) atoms. The van der Waals surface area contributed by atoms with Gasteiger partial charge >= 0.3 is 17.1 Å². The maximum Gasteiger partial charge on any atom is 0.340 e. The minimum atomic E-state index is -2.34. The molecule has 0 spiro atoms. The second-order valence-corrected chi connectivity index (χ2v) is 13.5. The van der Waals surface area contributed by atoms with Crippen LogP contribution in [0.25, 0.3) is 0 Å². The molecule has 1 saturated heterocycles.